The van der Waals surface area contributed by atoms with Crippen LogP contribution in [0.25, 0.3) is 6.08 Å². The van der Waals surface area contributed by atoms with Gasteiger partial charge in [-0.15, -0.1) is 11.3 Å². The predicted octanol–water partition coefficient (Wildman–Crippen LogP) is 4.87. The summed E-state index contributed by atoms with van der Waals surface area (Å²) in [5, 5.41) is 4.87. The Hall–Kier alpha value is -3.72. The van der Waals surface area contributed by atoms with Gasteiger partial charge in [0, 0.05) is 23.9 Å². The largest absolute Gasteiger partial charge is 0.497 e. The van der Waals surface area contributed by atoms with Gasteiger partial charge in [0.25, 0.3) is 0 Å². The number of thiazole rings is 1. The number of benzene rings is 2. The second-order valence-electron chi connectivity index (χ2n) is 7.03. The van der Waals surface area contributed by atoms with Gasteiger partial charge in [0.1, 0.15) is 17.3 Å². The maximum absolute atomic E-state index is 14.2. The third-order valence-corrected chi connectivity index (χ3v) is 5.62. The van der Waals surface area contributed by atoms with E-state index in [0.29, 0.717) is 22.3 Å². The maximum atomic E-state index is 14.2. The van der Waals surface area contributed by atoms with E-state index in [0.717, 1.165) is 5.56 Å². The van der Waals surface area contributed by atoms with E-state index in [1.165, 1.54) is 47.4 Å². The van der Waals surface area contributed by atoms with Crippen LogP contribution in [0.1, 0.15) is 31.1 Å². The van der Waals surface area contributed by atoms with Crippen LogP contribution in [0.4, 0.5) is 15.2 Å². The number of methoxy groups -OCH3 is 2. The van der Waals surface area contributed by atoms with Crippen molar-refractivity contribution in [2.24, 2.45) is 0 Å². The van der Waals surface area contributed by atoms with Gasteiger partial charge in [-0.05, 0) is 43.3 Å². The summed E-state index contributed by atoms with van der Waals surface area (Å²) in [5.41, 5.74) is 1.37. The fraction of sp³-hybridized carbons (Fsp3) is 0.208. The Balaban J connectivity index is 1.73. The number of amides is 2. The second kappa shape index (κ2) is 10.7. The van der Waals surface area contributed by atoms with Crippen LogP contribution >= 0.6 is 11.3 Å². The molecule has 2 amide bonds. The summed E-state index contributed by atoms with van der Waals surface area (Å²) in [6, 6.07) is 11.0. The van der Waals surface area contributed by atoms with Crippen LogP contribution < -0.4 is 19.7 Å². The van der Waals surface area contributed by atoms with E-state index < -0.39 is 5.82 Å². The normalized spacial score (nSPS) is 11.8. The first-order valence-corrected chi connectivity index (χ1v) is 10.9. The molecular weight excluding hydrogens is 445 g/mol. The van der Waals surface area contributed by atoms with Crippen molar-refractivity contribution in [2.75, 3.05) is 19.1 Å². The third kappa shape index (κ3) is 5.75. The maximum Gasteiger partial charge on any atom is 0.244 e. The molecule has 1 atom stereocenters. The Morgan fingerprint density at radius 3 is 2.61 bits per heavy atom. The van der Waals surface area contributed by atoms with Crippen LogP contribution in [0.2, 0.25) is 0 Å². The Bertz CT molecular complexity index is 1180. The third-order valence-electron chi connectivity index (χ3n) is 4.78. The van der Waals surface area contributed by atoms with Gasteiger partial charge in [-0.2, -0.15) is 0 Å². The van der Waals surface area contributed by atoms with Crippen molar-refractivity contribution >= 4 is 40.0 Å². The first-order chi connectivity index (χ1) is 15.8. The zero-order chi connectivity index (χ0) is 24.0. The van der Waals surface area contributed by atoms with Crippen molar-refractivity contribution < 1.29 is 23.5 Å². The van der Waals surface area contributed by atoms with Crippen molar-refractivity contribution in [1.29, 1.82) is 0 Å². The average molecular weight is 470 g/mol. The number of hydrogen-bond acceptors (Lipinski definition) is 6. The second-order valence-corrected chi connectivity index (χ2v) is 7.87. The lowest BCUT2D eigenvalue weighted by molar-refractivity contribution is -0.117. The SMILES string of the molecule is COc1ccc(OC)c(C(C)NC(=O)/C=C/c2csc(N(C(C)=O)c3ccccc3F)n2)c1. The van der Waals surface area contributed by atoms with E-state index in [1.54, 1.807) is 49.9 Å². The van der Waals surface area contributed by atoms with E-state index in [4.69, 9.17) is 9.47 Å². The molecule has 0 saturated heterocycles. The van der Waals surface area contributed by atoms with Crippen molar-refractivity contribution in [2.45, 2.75) is 19.9 Å². The molecule has 1 heterocycles. The summed E-state index contributed by atoms with van der Waals surface area (Å²) in [6.07, 6.45) is 2.88. The smallest absolute Gasteiger partial charge is 0.244 e. The number of hydrogen-bond donors (Lipinski definition) is 1. The number of nitrogens with one attached hydrogen (secondary N) is 1. The predicted molar refractivity (Wildman–Crippen MR) is 126 cm³/mol. The van der Waals surface area contributed by atoms with Crippen molar-refractivity contribution in [3.8, 4) is 11.5 Å². The molecule has 7 nitrogen and oxygen atoms in total. The van der Waals surface area contributed by atoms with Crippen LogP contribution in [0.5, 0.6) is 11.5 Å². The molecule has 9 heteroatoms. The molecule has 33 heavy (non-hydrogen) atoms. The first-order valence-electron chi connectivity index (χ1n) is 10.0. The molecule has 172 valence electrons. The molecule has 0 fully saturated rings. The zero-order valence-corrected chi connectivity index (χ0v) is 19.5. The van der Waals surface area contributed by atoms with Gasteiger partial charge in [-0.3, -0.25) is 14.5 Å². The molecule has 0 radical (unpaired) electrons. The minimum Gasteiger partial charge on any atom is -0.497 e. The highest BCUT2D eigenvalue weighted by molar-refractivity contribution is 7.14. The van der Waals surface area contributed by atoms with Gasteiger partial charge in [0.15, 0.2) is 5.13 Å². The van der Waals surface area contributed by atoms with Crippen LogP contribution in [-0.4, -0.2) is 31.0 Å². The molecule has 1 unspecified atom stereocenters. The van der Waals surface area contributed by atoms with Crippen LogP contribution in [0.3, 0.4) is 0 Å². The van der Waals surface area contributed by atoms with Crippen LogP contribution in [0.15, 0.2) is 53.9 Å². The van der Waals surface area contributed by atoms with Gasteiger partial charge in [-0.1, -0.05) is 12.1 Å². The molecule has 0 aliphatic carbocycles. The number of carbonyl (C=O) groups excluding carboxylic acids is 2. The molecule has 0 aliphatic rings. The number of rotatable bonds is 8. The number of anilines is 2. The summed E-state index contributed by atoms with van der Waals surface area (Å²) >= 11 is 1.17. The lowest BCUT2D eigenvalue weighted by Crippen LogP contribution is -2.25. The highest BCUT2D eigenvalue weighted by atomic mass is 32.1. The lowest BCUT2D eigenvalue weighted by atomic mass is 10.1. The summed E-state index contributed by atoms with van der Waals surface area (Å²) < 4.78 is 24.8. The first kappa shape index (κ1) is 23.9. The van der Waals surface area contributed by atoms with Gasteiger partial charge in [0.2, 0.25) is 11.8 Å². The molecule has 3 aromatic rings. The van der Waals surface area contributed by atoms with Crippen molar-refractivity contribution in [1.82, 2.24) is 10.3 Å². The Morgan fingerprint density at radius 2 is 1.94 bits per heavy atom. The molecule has 0 saturated carbocycles. The van der Waals surface area contributed by atoms with Crippen molar-refractivity contribution in [3.05, 3.63) is 71.0 Å². The Labute approximate surface area is 195 Å². The molecule has 0 aliphatic heterocycles. The van der Waals surface area contributed by atoms with E-state index in [9.17, 15) is 14.0 Å². The van der Waals surface area contributed by atoms with E-state index in [-0.39, 0.29) is 23.5 Å². The molecule has 1 N–H and O–H groups in total. The van der Waals surface area contributed by atoms with E-state index in [2.05, 4.69) is 10.3 Å². The fourth-order valence-electron chi connectivity index (χ4n) is 3.17. The van der Waals surface area contributed by atoms with Gasteiger partial charge < -0.3 is 14.8 Å². The van der Waals surface area contributed by atoms with E-state index in [1.807, 2.05) is 6.92 Å². The van der Waals surface area contributed by atoms with Gasteiger partial charge in [0.05, 0.1) is 31.6 Å². The number of aromatic nitrogens is 1. The summed E-state index contributed by atoms with van der Waals surface area (Å²) in [4.78, 5) is 30.2. The number of para-hydroxylation sites is 1. The number of ether oxygens (including phenoxy) is 2. The lowest BCUT2D eigenvalue weighted by Gasteiger charge is -2.18. The van der Waals surface area contributed by atoms with Crippen LogP contribution in [0, 0.1) is 5.82 Å². The molecular formula is C24H24FN3O4S. The van der Waals surface area contributed by atoms with Gasteiger partial charge >= 0.3 is 0 Å². The number of nitrogens with zero attached hydrogens (tertiary/aromatic N) is 2. The standard InChI is InChI=1S/C24H24FN3O4S/c1-15(19-13-18(31-3)10-11-22(19)32-4)26-23(30)12-9-17-14-33-24(27-17)28(16(2)29)21-8-6-5-7-20(21)25/h5-15H,1-4H3,(H,26,30)/b12-9+. The summed E-state index contributed by atoms with van der Waals surface area (Å²) in [6.45, 7) is 3.17. The van der Waals surface area contributed by atoms with Gasteiger partial charge in [-0.25, -0.2) is 9.37 Å². The van der Waals surface area contributed by atoms with E-state index >= 15 is 0 Å². The summed E-state index contributed by atoms with van der Waals surface area (Å²) in [5.74, 6) is 0.0566. The monoisotopic (exact) mass is 469 g/mol. The Kier molecular flexibility index (Phi) is 7.78. The molecule has 1 aromatic heterocycles. The molecule has 0 spiro atoms. The molecule has 0 bridgehead atoms. The van der Waals surface area contributed by atoms with Crippen LogP contribution in [-0.2, 0) is 9.59 Å². The highest BCUT2D eigenvalue weighted by Gasteiger charge is 2.20. The molecule has 3 rings (SSSR count). The average Bonchev–Trinajstić information content (AvgIpc) is 3.26. The molecule has 2 aromatic carbocycles. The van der Waals surface area contributed by atoms with Crippen molar-refractivity contribution in [3.63, 3.8) is 0 Å². The zero-order valence-electron chi connectivity index (χ0n) is 18.7. The minimum atomic E-state index is -0.527. The topological polar surface area (TPSA) is 80.8 Å². The number of carbonyl (C=O) groups is 2. The quantitative estimate of drug-likeness (QED) is 0.476. The summed E-state index contributed by atoms with van der Waals surface area (Å²) in [7, 11) is 3.13. The fourth-order valence-corrected chi connectivity index (χ4v) is 4.02. The Morgan fingerprint density at radius 1 is 1.18 bits per heavy atom. The highest BCUT2D eigenvalue weighted by Crippen LogP contribution is 2.31. The minimum absolute atomic E-state index is 0.119. The number of halogens is 1.